The highest BCUT2D eigenvalue weighted by Gasteiger charge is 2.27. The van der Waals surface area contributed by atoms with E-state index in [1.807, 2.05) is 12.1 Å². The molecule has 0 aliphatic carbocycles. The first-order chi connectivity index (χ1) is 7.02. The molecular formula is C11H14BrNO2. The van der Waals surface area contributed by atoms with Gasteiger partial charge in [-0.3, -0.25) is 0 Å². The van der Waals surface area contributed by atoms with Crippen LogP contribution < -0.4 is 14.8 Å². The van der Waals surface area contributed by atoms with Crippen LogP contribution in [0.25, 0.3) is 0 Å². The van der Waals surface area contributed by atoms with E-state index in [2.05, 4.69) is 35.1 Å². The summed E-state index contributed by atoms with van der Waals surface area (Å²) in [6.07, 6.45) is 0. The van der Waals surface area contributed by atoms with Gasteiger partial charge in [0, 0.05) is 10.5 Å². The molecule has 0 amide bonds. The van der Waals surface area contributed by atoms with Crippen molar-refractivity contribution in [2.45, 2.75) is 19.4 Å². The molecule has 0 atom stereocenters. The van der Waals surface area contributed by atoms with E-state index < -0.39 is 0 Å². The number of anilines is 1. The average molecular weight is 272 g/mol. The molecule has 0 aromatic heterocycles. The lowest BCUT2D eigenvalue weighted by molar-refractivity contribution is 0.115. The van der Waals surface area contributed by atoms with Crippen LogP contribution in [0.5, 0.6) is 11.5 Å². The molecule has 0 spiro atoms. The second kappa shape index (κ2) is 3.59. The first-order valence-electron chi connectivity index (χ1n) is 4.82. The molecule has 0 saturated heterocycles. The van der Waals surface area contributed by atoms with Crippen molar-refractivity contribution in [2.75, 3.05) is 19.0 Å². The molecular weight excluding hydrogens is 258 g/mol. The fraction of sp³-hybridized carbons (Fsp3) is 0.455. The van der Waals surface area contributed by atoms with Crippen LogP contribution in [0, 0.1) is 0 Å². The van der Waals surface area contributed by atoms with Gasteiger partial charge in [0.1, 0.15) is 17.1 Å². The summed E-state index contributed by atoms with van der Waals surface area (Å²) in [6.45, 7) is 4.90. The lowest BCUT2D eigenvalue weighted by Gasteiger charge is -2.34. The van der Waals surface area contributed by atoms with Crippen LogP contribution in [0.4, 0.5) is 5.69 Å². The number of methoxy groups -OCH3 is 1. The number of ether oxygens (including phenoxy) is 2. The molecule has 1 aromatic rings. The van der Waals surface area contributed by atoms with Crippen LogP contribution >= 0.6 is 15.9 Å². The van der Waals surface area contributed by atoms with Gasteiger partial charge in [-0.15, -0.1) is 0 Å². The summed E-state index contributed by atoms with van der Waals surface area (Å²) in [4.78, 5) is 0. The van der Waals surface area contributed by atoms with E-state index in [4.69, 9.17) is 9.47 Å². The Labute approximate surface area is 97.9 Å². The maximum atomic E-state index is 5.87. The first-order valence-corrected chi connectivity index (χ1v) is 5.61. The largest absolute Gasteiger partial charge is 0.497 e. The van der Waals surface area contributed by atoms with Crippen molar-refractivity contribution in [1.82, 2.24) is 0 Å². The molecule has 0 unspecified atom stereocenters. The van der Waals surface area contributed by atoms with Gasteiger partial charge >= 0.3 is 0 Å². The Morgan fingerprint density at radius 3 is 2.87 bits per heavy atom. The van der Waals surface area contributed by atoms with Crippen LogP contribution in [0.15, 0.2) is 16.6 Å². The number of hydrogen-bond donors (Lipinski definition) is 1. The van der Waals surface area contributed by atoms with Gasteiger partial charge < -0.3 is 14.8 Å². The SMILES string of the molecule is COc1cc(Br)c2c(c1)OC(C)(C)CN2. The number of halogens is 1. The third-order valence-electron chi connectivity index (χ3n) is 2.34. The Bertz CT molecular complexity index is 390. The van der Waals surface area contributed by atoms with Crippen molar-refractivity contribution in [3.63, 3.8) is 0 Å². The molecule has 1 aromatic carbocycles. The quantitative estimate of drug-likeness (QED) is 0.852. The van der Waals surface area contributed by atoms with E-state index >= 15 is 0 Å². The van der Waals surface area contributed by atoms with Crippen molar-refractivity contribution in [2.24, 2.45) is 0 Å². The van der Waals surface area contributed by atoms with Gasteiger partial charge in [-0.25, -0.2) is 0 Å². The maximum absolute atomic E-state index is 5.87. The van der Waals surface area contributed by atoms with Gasteiger partial charge in [-0.1, -0.05) is 0 Å². The molecule has 1 aliphatic heterocycles. The molecule has 2 rings (SSSR count). The average Bonchev–Trinajstić information content (AvgIpc) is 2.15. The van der Waals surface area contributed by atoms with E-state index in [-0.39, 0.29) is 5.60 Å². The molecule has 82 valence electrons. The molecule has 1 aliphatic rings. The van der Waals surface area contributed by atoms with Gasteiger partial charge in [0.2, 0.25) is 0 Å². The Balaban J connectivity index is 2.44. The number of rotatable bonds is 1. The predicted octanol–water partition coefficient (Wildman–Crippen LogP) is 3.04. The standard InChI is InChI=1S/C11H14BrNO2/c1-11(2)6-13-10-8(12)4-7(14-3)5-9(10)15-11/h4-5,13H,6H2,1-3H3. The molecule has 1 N–H and O–H groups in total. The Hall–Kier alpha value is -0.900. The topological polar surface area (TPSA) is 30.5 Å². The molecule has 4 heteroatoms. The summed E-state index contributed by atoms with van der Waals surface area (Å²) in [5.74, 6) is 1.62. The maximum Gasteiger partial charge on any atom is 0.148 e. The minimum absolute atomic E-state index is 0.182. The molecule has 0 radical (unpaired) electrons. The summed E-state index contributed by atoms with van der Waals surface area (Å²) >= 11 is 3.49. The second-order valence-corrected chi connectivity index (χ2v) is 5.05. The molecule has 3 nitrogen and oxygen atoms in total. The number of benzene rings is 1. The van der Waals surface area contributed by atoms with E-state index in [1.54, 1.807) is 7.11 Å². The molecule has 15 heavy (non-hydrogen) atoms. The van der Waals surface area contributed by atoms with Crippen molar-refractivity contribution < 1.29 is 9.47 Å². The van der Waals surface area contributed by atoms with Crippen LogP contribution in [-0.4, -0.2) is 19.3 Å². The van der Waals surface area contributed by atoms with Crippen LogP contribution in [-0.2, 0) is 0 Å². The van der Waals surface area contributed by atoms with E-state index in [9.17, 15) is 0 Å². The normalized spacial score (nSPS) is 17.3. The first kappa shape index (κ1) is 10.6. The fourth-order valence-corrected chi connectivity index (χ4v) is 2.12. The molecule has 0 bridgehead atoms. The number of nitrogens with one attached hydrogen (secondary N) is 1. The zero-order chi connectivity index (χ0) is 11.1. The second-order valence-electron chi connectivity index (χ2n) is 4.20. The summed E-state index contributed by atoms with van der Waals surface area (Å²) in [7, 11) is 1.65. The Morgan fingerprint density at radius 2 is 2.20 bits per heavy atom. The molecule has 0 fully saturated rings. The number of fused-ring (bicyclic) bond motifs is 1. The lowest BCUT2D eigenvalue weighted by Crippen LogP contribution is -2.40. The highest BCUT2D eigenvalue weighted by atomic mass is 79.9. The van der Waals surface area contributed by atoms with Crippen molar-refractivity contribution in [3.05, 3.63) is 16.6 Å². The smallest absolute Gasteiger partial charge is 0.148 e. The summed E-state index contributed by atoms with van der Waals surface area (Å²) in [5.41, 5.74) is 0.814. The van der Waals surface area contributed by atoms with Gasteiger partial charge in [-0.2, -0.15) is 0 Å². The van der Waals surface area contributed by atoms with Gasteiger partial charge in [0.25, 0.3) is 0 Å². The minimum atomic E-state index is -0.182. The van der Waals surface area contributed by atoms with Crippen molar-refractivity contribution >= 4 is 21.6 Å². The zero-order valence-corrected chi connectivity index (χ0v) is 10.6. The number of hydrogen-bond acceptors (Lipinski definition) is 3. The fourth-order valence-electron chi connectivity index (χ4n) is 1.56. The Kier molecular flexibility index (Phi) is 2.54. The van der Waals surface area contributed by atoms with Gasteiger partial charge in [0.15, 0.2) is 0 Å². The molecule has 1 heterocycles. The van der Waals surface area contributed by atoms with Crippen LogP contribution in [0.3, 0.4) is 0 Å². The molecule has 0 saturated carbocycles. The third-order valence-corrected chi connectivity index (χ3v) is 2.97. The zero-order valence-electron chi connectivity index (χ0n) is 9.06. The van der Waals surface area contributed by atoms with Gasteiger partial charge in [-0.05, 0) is 35.8 Å². The van der Waals surface area contributed by atoms with E-state index in [0.29, 0.717) is 0 Å². The third kappa shape index (κ3) is 2.04. The van der Waals surface area contributed by atoms with Crippen LogP contribution in [0.2, 0.25) is 0 Å². The predicted molar refractivity (Wildman–Crippen MR) is 63.9 cm³/mol. The Morgan fingerprint density at radius 1 is 1.47 bits per heavy atom. The van der Waals surface area contributed by atoms with Gasteiger partial charge in [0.05, 0.1) is 19.3 Å². The lowest BCUT2D eigenvalue weighted by atomic mass is 10.1. The van der Waals surface area contributed by atoms with E-state index in [0.717, 1.165) is 28.2 Å². The highest BCUT2D eigenvalue weighted by molar-refractivity contribution is 9.10. The summed E-state index contributed by atoms with van der Waals surface area (Å²) in [5, 5.41) is 3.35. The summed E-state index contributed by atoms with van der Waals surface area (Å²) in [6, 6.07) is 3.82. The minimum Gasteiger partial charge on any atom is -0.497 e. The van der Waals surface area contributed by atoms with Crippen molar-refractivity contribution in [3.8, 4) is 11.5 Å². The van der Waals surface area contributed by atoms with E-state index in [1.165, 1.54) is 0 Å². The monoisotopic (exact) mass is 271 g/mol. The van der Waals surface area contributed by atoms with Crippen LogP contribution in [0.1, 0.15) is 13.8 Å². The summed E-state index contributed by atoms with van der Waals surface area (Å²) < 4.78 is 12.0. The van der Waals surface area contributed by atoms with Crippen molar-refractivity contribution in [1.29, 1.82) is 0 Å². The highest BCUT2D eigenvalue weighted by Crippen LogP contribution is 2.41.